The predicted molar refractivity (Wildman–Crippen MR) is 64.5 cm³/mol. The Bertz CT molecular complexity index is 104. The Morgan fingerprint density at radius 1 is 1.14 bits per heavy atom. The minimum Gasteiger partial charge on any atom is -0.330 e. The van der Waals surface area contributed by atoms with E-state index in [1.807, 2.05) is 0 Å². The molecule has 0 radical (unpaired) electrons. The smallest absolute Gasteiger partial charge is 0.00206 e. The van der Waals surface area contributed by atoms with Crippen molar-refractivity contribution in [1.29, 1.82) is 0 Å². The lowest BCUT2D eigenvalue weighted by atomic mass is 9.99. The predicted octanol–water partition coefficient (Wildman–Crippen LogP) is 2.53. The van der Waals surface area contributed by atoms with Crippen LogP contribution in [0.3, 0.4) is 0 Å². The van der Waals surface area contributed by atoms with Crippen LogP contribution in [0.2, 0.25) is 0 Å². The summed E-state index contributed by atoms with van der Waals surface area (Å²) in [4.78, 5) is 0. The monoisotopic (exact) mass is 200 g/mol. The van der Waals surface area contributed by atoms with E-state index >= 15 is 0 Å². The molecule has 0 saturated carbocycles. The van der Waals surface area contributed by atoms with Crippen molar-refractivity contribution in [2.45, 2.75) is 52.4 Å². The molecule has 0 aliphatic heterocycles. The topological polar surface area (TPSA) is 38.0 Å². The molecule has 0 fully saturated rings. The van der Waals surface area contributed by atoms with Gasteiger partial charge in [0.25, 0.3) is 0 Å². The average molecular weight is 200 g/mol. The third-order valence-corrected chi connectivity index (χ3v) is 2.78. The number of unbranched alkanes of at least 4 members (excludes halogenated alkanes) is 2. The van der Waals surface area contributed by atoms with Gasteiger partial charge >= 0.3 is 0 Å². The van der Waals surface area contributed by atoms with E-state index in [0.717, 1.165) is 25.4 Å². The lowest BCUT2D eigenvalue weighted by Gasteiger charge is -2.14. The minimum absolute atomic E-state index is 0.828. The van der Waals surface area contributed by atoms with Crippen molar-refractivity contribution in [3.05, 3.63) is 0 Å². The molecule has 0 aromatic heterocycles. The highest BCUT2D eigenvalue weighted by Gasteiger charge is 2.04. The third-order valence-electron chi connectivity index (χ3n) is 2.78. The van der Waals surface area contributed by atoms with Crippen LogP contribution in [0.15, 0.2) is 0 Å². The average Bonchev–Trinajstić information content (AvgIpc) is 2.22. The summed E-state index contributed by atoms with van der Waals surface area (Å²) >= 11 is 0. The van der Waals surface area contributed by atoms with E-state index < -0.39 is 0 Å². The van der Waals surface area contributed by atoms with Crippen LogP contribution in [0.1, 0.15) is 52.4 Å². The molecular formula is C12H28N2. The number of nitrogens with two attached hydrogens (primary N) is 1. The van der Waals surface area contributed by atoms with Gasteiger partial charge in [0, 0.05) is 0 Å². The Morgan fingerprint density at radius 3 is 2.50 bits per heavy atom. The molecule has 3 N–H and O–H groups in total. The first-order valence-corrected chi connectivity index (χ1v) is 6.25. The maximum atomic E-state index is 5.43. The van der Waals surface area contributed by atoms with Crippen LogP contribution in [0.4, 0.5) is 0 Å². The second kappa shape index (κ2) is 11.0. The van der Waals surface area contributed by atoms with Crippen LogP contribution in [0.5, 0.6) is 0 Å². The molecule has 1 unspecified atom stereocenters. The summed E-state index contributed by atoms with van der Waals surface area (Å²) in [5.41, 5.74) is 5.43. The van der Waals surface area contributed by atoms with Crippen molar-refractivity contribution in [3.8, 4) is 0 Å². The first kappa shape index (κ1) is 13.9. The van der Waals surface area contributed by atoms with Gasteiger partial charge in [-0.15, -0.1) is 0 Å². The Hall–Kier alpha value is -0.0800. The second-order valence-corrected chi connectivity index (χ2v) is 4.12. The van der Waals surface area contributed by atoms with Gasteiger partial charge in [-0.1, -0.05) is 33.1 Å². The molecule has 0 spiro atoms. The first-order valence-electron chi connectivity index (χ1n) is 6.25. The van der Waals surface area contributed by atoms with Gasteiger partial charge in [-0.05, 0) is 44.8 Å². The molecule has 14 heavy (non-hydrogen) atoms. The van der Waals surface area contributed by atoms with Gasteiger partial charge < -0.3 is 11.1 Å². The molecule has 0 amide bonds. The largest absolute Gasteiger partial charge is 0.330 e. The Labute approximate surface area is 89.6 Å². The Morgan fingerprint density at radius 2 is 1.93 bits per heavy atom. The minimum atomic E-state index is 0.828. The second-order valence-electron chi connectivity index (χ2n) is 4.12. The highest BCUT2D eigenvalue weighted by Crippen LogP contribution is 2.10. The van der Waals surface area contributed by atoms with Crippen molar-refractivity contribution in [1.82, 2.24) is 5.32 Å². The van der Waals surface area contributed by atoms with E-state index in [9.17, 15) is 0 Å². The molecule has 0 aromatic rings. The van der Waals surface area contributed by atoms with Crippen molar-refractivity contribution in [3.63, 3.8) is 0 Å². The number of hydrogen-bond donors (Lipinski definition) is 2. The molecule has 0 aliphatic carbocycles. The summed E-state index contributed by atoms with van der Waals surface area (Å²) in [6.07, 6.45) is 7.77. The van der Waals surface area contributed by atoms with E-state index in [-0.39, 0.29) is 0 Å². The molecule has 2 nitrogen and oxygen atoms in total. The summed E-state index contributed by atoms with van der Waals surface area (Å²) in [5, 5.41) is 3.52. The van der Waals surface area contributed by atoms with E-state index in [2.05, 4.69) is 19.2 Å². The van der Waals surface area contributed by atoms with Crippen LogP contribution >= 0.6 is 0 Å². The molecule has 0 bridgehead atoms. The molecule has 0 aliphatic rings. The van der Waals surface area contributed by atoms with Crippen LogP contribution in [0.25, 0.3) is 0 Å². The Kier molecular flexibility index (Phi) is 10.9. The van der Waals surface area contributed by atoms with Gasteiger partial charge in [0.2, 0.25) is 0 Å². The van der Waals surface area contributed by atoms with Gasteiger partial charge in [-0.2, -0.15) is 0 Å². The highest BCUT2D eigenvalue weighted by molar-refractivity contribution is 4.60. The molecule has 0 saturated heterocycles. The Balaban J connectivity index is 3.24. The van der Waals surface area contributed by atoms with E-state index in [1.165, 1.54) is 38.6 Å². The van der Waals surface area contributed by atoms with Gasteiger partial charge in [-0.3, -0.25) is 0 Å². The maximum absolute atomic E-state index is 5.43. The standard InChI is InChI=1S/C12H28N2/c1-3-5-8-12(4-2)11-14-10-7-6-9-13/h12,14H,3-11,13H2,1-2H3. The number of nitrogens with one attached hydrogen (secondary N) is 1. The van der Waals surface area contributed by atoms with E-state index in [0.29, 0.717) is 0 Å². The summed E-state index contributed by atoms with van der Waals surface area (Å²) in [5.74, 6) is 0.882. The van der Waals surface area contributed by atoms with E-state index in [4.69, 9.17) is 5.73 Å². The molecule has 0 heterocycles. The zero-order chi connectivity index (χ0) is 10.6. The van der Waals surface area contributed by atoms with Crippen molar-refractivity contribution >= 4 is 0 Å². The van der Waals surface area contributed by atoms with E-state index in [1.54, 1.807) is 0 Å². The first-order chi connectivity index (χ1) is 6.85. The van der Waals surface area contributed by atoms with Gasteiger partial charge in [0.05, 0.1) is 0 Å². The SMILES string of the molecule is CCCCC(CC)CNCCCCN. The number of hydrogen-bond acceptors (Lipinski definition) is 2. The van der Waals surface area contributed by atoms with Gasteiger partial charge in [0.15, 0.2) is 0 Å². The third kappa shape index (κ3) is 8.52. The molecule has 1 atom stereocenters. The normalized spacial score (nSPS) is 13.1. The van der Waals surface area contributed by atoms with Crippen molar-refractivity contribution in [2.75, 3.05) is 19.6 Å². The van der Waals surface area contributed by atoms with Crippen LogP contribution in [-0.4, -0.2) is 19.6 Å². The lowest BCUT2D eigenvalue weighted by molar-refractivity contribution is 0.417. The fourth-order valence-electron chi connectivity index (χ4n) is 1.64. The van der Waals surface area contributed by atoms with Gasteiger partial charge in [-0.25, -0.2) is 0 Å². The maximum Gasteiger partial charge on any atom is -0.00206 e. The molecule has 2 heteroatoms. The molecule has 86 valence electrons. The molecular weight excluding hydrogens is 172 g/mol. The van der Waals surface area contributed by atoms with Crippen molar-refractivity contribution in [2.24, 2.45) is 11.7 Å². The van der Waals surface area contributed by atoms with Crippen LogP contribution < -0.4 is 11.1 Å². The fourth-order valence-corrected chi connectivity index (χ4v) is 1.64. The lowest BCUT2D eigenvalue weighted by Crippen LogP contribution is -2.24. The zero-order valence-electron chi connectivity index (χ0n) is 10.0. The molecule has 0 aromatic carbocycles. The summed E-state index contributed by atoms with van der Waals surface area (Å²) in [6.45, 7) is 7.72. The quantitative estimate of drug-likeness (QED) is 0.532. The van der Waals surface area contributed by atoms with Gasteiger partial charge in [0.1, 0.15) is 0 Å². The zero-order valence-corrected chi connectivity index (χ0v) is 10.0. The summed E-state index contributed by atoms with van der Waals surface area (Å²) < 4.78 is 0. The summed E-state index contributed by atoms with van der Waals surface area (Å²) in [6, 6.07) is 0. The van der Waals surface area contributed by atoms with Crippen molar-refractivity contribution < 1.29 is 0 Å². The molecule has 0 rings (SSSR count). The fraction of sp³-hybridized carbons (Fsp3) is 1.00. The highest BCUT2D eigenvalue weighted by atomic mass is 14.9. The number of rotatable bonds is 10. The summed E-state index contributed by atoms with van der Waals surface area (Å²) in [7, 11) is 0. The van der Waals surface area contributed by atoms with Crippen LogP contribution in [0, 0.1) is 5.92 Å². The van der Waals surface area contributed by atoms with Crippen LogP contribution in [-0.2, 0) is 0 Å².